The number of halogens is 2. The highest BCUT2D eigenvalue weighted by Crippen LogP contribution is 2.30. The van der Waals surface area contributed by atoms with Crippen molar-refractivity contribution in [3.63, 3.8) is 0 Å². The first-order chi connectivity index (χ1) is 6.70. The fourth-order valence-electron chi connectivity index (χ4n) is 1.37. The van der Waals surface area contributed by atoms with Gasteiger partial charge in [0, 0.05) is 4.70 Å². The normalized spacial score (nSPS) is 10.4. The zero-order chi connectivity index (χ0) is 10.1. The van der Waals surface area contributed by atoms with Gasteiger partial charge >= 0.3 is 0 Å². The topological polar surface area (TPSA) is 23.8 Å². The molecule has 0 aliphatic rings. The maximum absolute atomic E-state index is 13.1. The van der Waals surface area contributed by atoms with Gasteiger partial charge in [-0.15, -0.1) is 11.3 Å². The summed E-state index contributed by atoms with van der Waals surface area (Å²) in [6.45, 7) is 0. The van der Waals surface area contributed by atoms with Crippen LogP contribution in [0.3, 0.4) is 0 Å². The second-order valence-corrected chi connectivity index (χ2v) is 5.84. The molecule has 0 aliphatic carbocycles. The predicted molar refractivity (Wildman–Crippen MR) is 63.8 cm³/mol. The van der Waals surface area contributed by atoms with Crippen molar-refractivity contribution in [2.45, 2.75) is 6.42 Å². The number of nitriles is 1. The van der Waals surface area contributed by atoms with E-state index in [1.54, 1.807) is 11.3 Å². The number of rotatable bonds is 1. The Morgan fingerprint density at radius 2 is 2.21 bits per heavy atom. The standard InChI is InChI=1S/C10H5FINS/c11-7-3-6(1-2-13)8-5-10(12)14-9(8)4-7/h3-5H,1H2. The van der Waals surface area contributed by atoms with Crippen molar-refractivity contribution in [3.8, 4) is 6.07 Å². The summed E-state index contributed by atoms with van der Waals surface area (Å²) in [5.74, 6) is -0.263. The molecule has 0 unspecified atom stereocenters. The average molecular weight is 317 g/mol. The van der Waals surface area contributed by atoms with Crippen LogP contribution in [0, 0.1) is 20.0 Å². The first-order valence-electron chi connectivity index (χ1n) is 3.95. The first kappa shape index (κ1) is 9.87. The lowest BCUT2D eigenvalue weighted by Crippen LogP contribution is -1.84. The number of nitrogens with zero attached hydrogens (tertiary/aromatic N) is 1. The number of fused-ring (bicyclic) bond motifs is 1. The third-order valence-corrected chi connectivity index (χ3v) is 3.77. The van der Waals surface area contributed by atoms with E-state index in [0.29, 0.717) is 0 Å². The molecule has 0 amide bonds. The molecular formula is C10H5FINS. The fraction of sp³-hybridized carbons (Fsp3) is 0.100. The molecule has 0 atom stereocenters. The summed E-state index contributed by atoms with van der Waals surface area (Å²) in [6.07, 6.45) is 0.265. The van der Waals surface area contributed by atoms with Gasteiger partial charge in [0.2, 0.25) is 0 Å². The van der Waals surface area contributed by atoms with Crippen molar-refractivity contribution in [2.75, 3.05) is 0 Å². The summed E-state index contributed by atoms with van der Waals surface area (Å²) in [5, 5.41) is 9.61. The van der Waals surface area contributed by atoms with Gasteiger partial charge in [-0.05, 0) is 51.7 Å². The molecule has 1 aromatic heterocycles. The number of hydrogen-bond acceptors (Lipinski definition) is 2. The second kappa shape index (κ2) is 3.83. The molecule has 2 aromatic rings. The number of hydrogen-bond donors (Lipinski definition) is 0. The van der Waals surface area contributed by atoms with Gasteiger partial charge in [0.05, 0.1) is 15.4 Å². The van der Waals surface area contributed by atoms with E-state index in [2.05, 4.69) is 22.6 Å². The molecule has 0 saturated carbocycles. The van der Waals surface area contributed by atoms with Gasteiger partial charge in [-0.3, -0.25) is 0 Å². The Labute approximate surface area is 98.3 Å². The lowest BCUT2D eigenvalue weighted by molar-refractivity contribution is 0.628. The molecule has 0 fully saturated rings. The van der Waals surface area contributed by atoms with Gasteiger partial charge in [0.15, 0.2) is 0 Å². The van der Waals surface area contributed by atoms with E-state index in [4.69, 9.17) is 5.26 Å². The summed E-state index contributed by atoms with van der Waals surface area (Å²) >= 11 is 3.75. The molecule has 0 bridgehead atoms. The Hall–Kier alpha value is -0.670. The average Bonchev–Trinajstić information content (AvgIpc) is 2.45. The van der Waals surface area contributed by atoms with Crippen molar-refractivity contribution in [1.82, 2.24) is 0 Å². The Balaban J connectivity index is 2.74. The van der Waals surface area contributed by atoms with Gasteiger partial charge in [-0.2, -0.15) is 5.26 Å². The molecule has 0 radical (unpaired) electrons. The van der Waals surface area contributed by atoms with E-state index in [0.717, 1.165) is 18.5 Å². The van der Waals surface area contributed by atoms with Crippen LogP contribution in [0.2, 0.25) is 0 Å². The molecule has 0 spiro atoms. The third kappa shape index (κ3) is 1.74. The summed E-state index contributed by atoms with van der Waals surface area (Å²) in [6, 6.07) is 7.00. The molecule has 0 saturated heterocycles. The van der Waals surface area contributed by atoms with Crippen LogP contribution in [0.5, 0.6) is 0 Å². The van der Waals surface area contributed by atoms with E-state index in [1.807, 2.05) is 12.1 Å². The summed E-state index contributed by atoms with van der Waals surface area (Å²) in [5.41, 5.74) is 0.779. The highest BCUT2D eigenvalue weighted by Gasteiger charge is 2.07. The highest BCUT2D eigenvalue weighted by molar-refractivity contribution is 14.1. The predicted octanol–water partition coefficient (Wildman–Crippen LogP) is 3.71. The van der Waals surface area contributed by atoms with E-state index < -0.39 is 0 Å². The van der Waals surface area contributed by atoms with Gasteiger partial charge < -0.3 is 0 Å². The van der Waals surface area contributed by atoms with Gasteiger partial charge in [-0.1, -0.05) is 0 Å². The Morgan fingerprint density at radius 1 is 1.43 bits per heavy atom. The maximum atomic E-state index is 13.1. The third-order valence-electron chi connectivity index (χ3n) is 1.93. The van der Waals surface area contributed by atoms with Gasteiger partial charge in [-0.25, -0.2) is 4.39 Å². The first-order valence-corrected chi connectivity index (χ1v) is 5.84. The monoisotopic (exact) mass is 317 g/mol. The van der Waals surface area contributed by atoms with Crippen LogP contribution in [-0.4, -0.2) is 0 Å². The van der Waals surface area contributed by atoms with E-state index in [9.17, 15) is 4.39 Å². The zero-order valence-corrected chi connectivity index (χ0v) is 10.0. The zero-order valence-electron chi connectivity index (χ0n) is 7.05. The van der Waals surface area contributed by atoms with E-state index >= 15 is 0 Å². The van der Waals surface area contributed by atoms with Crippen molar-refractivity contribution >= 4 is 44.0 Å². The second-order valence-electron chi connectivity index (χ2n) is 2.86. The van der Waals surface area contributed by atoms with Gasteiger partial charge in [0.25, 0.3) is 0 Å². The van der Waals surface area contributed by atoms with Crippen molar-refractivity contribution in [3.05, 3.63) is 32.5 Å². The lowest BCUT2D eigenvalue weighted by Gasteiger charge is -1.97. The number of benzene rings is 1. The molecule has 70 valence electrons. The minimum absolute atomic E-state index is 0.263. The van der Waals surface area contributed by atoms with Crippen molar-refractivity contribution in [1.29, 1.82) is 5.26 Å². The summed E-state index contributed by atoms with van der Waals surface area (Å²) < 4.78 is 15.2. The van der Waals surface area contributed by atoms with Crippen LogP contribution in [0.1, 0.15) is 5.56 Å². The Morgan fingerprint density at radius 3 is 2.93 bits per heavy atom. The Kier molecular flexibility index (Phi) is 2.70. The minimum atomic E-state index is -0.263. The molecule has 0 aliphatic heterocycles. The largest absolute Gasteiger partial charge is 0.207 e. The Bertz CT molecular complexity index is 527. The molecule has 2 rings (SSSR count). The molecular weight excluding hydrogens is 312 g/mol. The molecule has 14 heavy (non-hydrogen) atoms. The van der Waals surface area contributed by atoms with Crippen LogP contribution in [-0.2, 0) is 6.42 Å². The van der Waals surface area contributed by atoms with Crippen LogP contribution in [0.25, 0.3) is 10.1 Å². The minimum Gasteiger partial charge on any atom is -0.207 e. The number of thiophene rings is 1. The van der Waals surface area contributed by atoms with Crippen molar-refractivity contribution in [2.24, 2.45) is 0 Å². The van der Waals surface area contributed by atoms with Crippen LogP contribution in [0.4, 0.5) is 4.39 Å². The summed E-state index contributed by atoms with van der Waals surface area (Å²) in [4.78, 5) is 0. The highest BCUT2D eigenvalue weighted by atomic mass is 127. The fourth-order valence-corrected chi connectivity index (χ4v) is 3.26. The van der Waals surface area contributed by atoms with Crippen LogP contribution >= 0.6 is 33.9 Å². The maximum Gasteiger partial charge on any atom is 0.124 e. The molecule has 0 N–H and O–H groups in total. The van der Waals surface area contributed by atoms with E-state index in [-0.39, 0.29) is 12.2 Å². The van der Waals surface area contributed by atoms with Gasteiger partial charge in [0.1, 0.15) is 5.82 Å². The smallest absolute Gasteiger partial charge is 0.124 e. The quantitative estimate of drug-likeness (QED) is 0.736. The van der Waals surface area contributed by atoms with E-state index in [1.165, 1.54) is 12.1 Å². The molecule has 1 nitrogen and oxygen atoms in total. The van der Waals surface area contributed by atoms with Crippen LogP contribution in [0.15, 0.2) is 18.2 Å². The lowest BCUT2D eigenvalue weighted by atomic mass is 10.1. The molecule has 1 aromatic carbocycles. The SMILES string of the molecule is N#CCc1cc(F)cc2sc(I)cc12. The van der Waals surface area contributed by atoms with Crippen LogP contribution < -0.4 is 0 Å². The molecule has 4 heteroatoms. The molecule has 1 heterocycles. The summed E-state index contributed by atoms with van der Waals surface area (Å²) in [7, 11) is 0. The van der Waals surface area contributed by atoms with Crippen molar-refractivity contribution < 1.29 is 4.39 Å².